The Morgan fingerprint density at radius 3 is 1.10 bits per heavy atom. The van der Waals surface area contributed by atoms with Gasteiger partial charge in [0.05, 0.1) is 13.2 Å². The number of carbonyl (C=O) groups is 6. The number of hydrogen-bond acceptors (Lipinski definition) is 8. The van der Waals surface area contributed by atoms with Gasteiger partial charge in [-0.3, -0.25) is 29.0 Å². The molecule has 10 heteroatoms. The van der Waals surface area contributed by atoms with Crippen molar-refractivity contribution in [2.45, 2.75) is 148 Å². The van der Waals surface area contributed by atoms with E-state index in [1.807, 2.05) is 30.3 Å². The zero-order chi connectivity index (χ0) is 44.6. The van der Waals surface area contributed by atoms with Crippen LogP contribution in [0.5, 0.6) is 0 Å². The van der Waals surface area contributed by atoms with Crippen LogP contribution < -0.4 is 0 Å². The van der Waals surface area contributed by atoms with Gasteiger partial charge in [0.15, 0.2) is 0 Å². The minimum atomic E-state index is -1.12. The Balaban J connectivity index is 1.05. The Labute approximate surface area is 370 Å². The molecule has 2 aliphatic heterocycles. The van der Waals surface area contributed by atoms with Crippen LogP contribution in [0.3, 0.4) is 0 Å². The van der Waals surface area contributed by atoms with Crippen molar-refractivity contribution in [3.63, 3.8) is 0 Å². The number of amides is 4. The van der Waals surface area contributed by atoms with E-state index >= 15 is 0 Å². The van der Waals surface area contributed by atoms with Gasteiger partial charge in [0.25, 0.3) is 23.6 Å². The minimum Gasteiger partial charge on any atom is -0.464 e. The van der Waals surface area contributed by atoms with E-state index in [1.165, 1.54) is 71.6 Å². The number of carbonyl (C=O) groups excluding carboxylic acids is 6. The number of allylic oxidation sites excluding steroid dienone is 1. The summed E-state index contributed by atoms with van der Waals surface area (Å²) in [6.07, 6.45) is 21.9. The third kappa shape index (κ3) is 9.09. The molecule has 0 fully saturated rings. The smallest absolute Gasteiger partial charge is 0.329 e. The Hall–Kier alpha value is -5.64. The van der Waals surface area contributed by atoms with E-state index in [0.29, 0.717) is 50.2 Å². The average molecular weight is 855 g/mol. The van der Waals surface area contributed by atoms with Crippen molar-refractivity contribution in [1.29, 1.82) is 0 Å². The number of imide groups is 2. The highest BCUT2D eigenvalue weighted by atomic mass is 16.5. The van der Waals surface area contributed by atoms with Gasteiger partial charge in [0.2, 0.25) is 0 Å². The van der Waals surface area contributed by atoms with Gasteiger partial charge in [-0.25, -0.2) is 9.59 Å². The van der Waals surface area contributed by atoms with Crippen LogP contribution in [-0.2, 0) is 19.1 Å². The van der Waals surface area contributed by atoms with Crippen LogP contribution in [0.25, 0.3) is 43.1 Å². The molecular weight excluding hydrogens is 793 g/mol. The molecule has 2 unspecified atom stereocenters. The third-order valence-electron chi connectivity index (χ3n) is 13.2. The summed E-state index contributed by atoms with van der Waals surface area (Å²) in [7, 11) is 0. The zero-order valence-electron chi connectivity index (χ0n) is 37.4. The molecule has 332 valence electrons. The summed E-state index contributed by atoms with van der Waals surface area (Å²) in [5, 5.41) is 5.46. The fourth-order valence-electron chi connectivity index (χ4n) is 9.67. The van der Waals surface area contributed by atoms with Gasteiger partial charge in [-0.15, -0.1) is 6.58 Å². The van der Waals surface area contributed by atoms with Crippen LogP contribution in [-0.4, -0.2) is 70.7 Å². The van der Waals surface area contributed by atoms with E-state index in [0.717, 1.165) is 82.7 Å². The second-order valence-electron chi connectivity index (χ2n) is 17.5. The summed E-state index contributed by atoms with van der Waals surface area (Å²) in [6, 6.07) is 11.8. The van der Waals surface area contributed by atoms with E-state index in [1.54, 1.807) is 24.3 Å². The molecule has 0 aromatic heterocycles. The molecule has 0 aliphatic carbocycles. The number of ether oxygens (including phenoxy) is 2. The van der Waals surface area contributed by atoms with E-state index in [4.69, 9.17) is 9.47 Å². The molecular formula is C53H62N2O8. The lowest BCUT2D eigenvalue weighted by molar-refractivity contribution is -0.148. The van der Waals surface area contributed by atoms with Gasteiger partial charge >= 0.3 is 11.9 Å². The molecule has 0 saturated carbocycles. The largest absolute Gasteiger partial charge is 0.464 e. The number of hydrogen-bond donors (Lipinski definition) is 0. The quantitative estimate of drug-likeness (QED) is 0.0142. The molecule has 10 nitrogen and oxygen atoms in total. The molecule has 5 aromatic rings. The van der Waals surface area contributed by atoms with Crippen molar-refractivity contribution in [1.82, 2.24) is 9.80 Å². The highest BCUT2D eigenvalue weighted by molar-refractivity contribution is 6.41. The Morgan fingerprint density at radius 1 is 0.476 bits per heavy atom. The van der Waals surface area contributed by atoms with Gasteiger partial charge < -0.3 is 9.47 Å². The molecule has 4 amide bonds. The molecule has 0 bridgehead atoms. The molecule has 0 spiro atoms. The van der Waals surface area contributed by atoms with Crippen molar-refractivity contribution >= 4 is 78.7 Å². The van der Waals surface area contributed by atoms with Crippen molar-refractivity contribution in [3.05, 3.63) is 83.4 Å². The fourth-order valence-corrected chi connectivity index (χ4v) is 9.67. The summed E-state index contributed by atoms with van der Waals surface area (Å²) < 4.78 is 11.1. The number of esters is 2. The number of rotatable bonds is 25. The second kappa shape index (κ2) is 20.7. The summed E-state index contributed by atoms with van der Waals surface area (Å²) >= 11 is 0. The SMILES string of the molecule is C=CCCCCCCCCCOC(=O)C(C)N1C(=O)c2ccc3c4ccc5c6c(ccc(c7ccc(c2c37)C1=O)c64)C(=O)N(C(C)C(=O)OCCCCCCCCCCCC)C5=O. The van der Waals surface area contributed by atoms with Crippen LogP contribution in [0.4, 0.5) is 0 Å². The molecule has 7 rings (SSSR count). The number of nitrogens with zero attached hydrogens (tertiary/aromatic N) is 2. The first-order chi connectivity index (χ1) is 30.6. The van der Waals surface area contributed by atoms with Gasteiger partial charge in [-0.1, -0.05) is 127 Å². The van der Waals surface area contributed by atoms with Gasteiger partial charge in [-0.05, 0) is 96.1 Å². The van der Waals surface area contributed by atoms with Crippen molar-refractivity contribution in [2.75, 3.05) is 13.2 Å². The lowest BCUT2D eigenvalue weighted by atomic mass is 9.82. The van der Waals surface area contributed by atoms with E-state index in [9.17, 15) is 28.8 Å². The van der Waals surface area contributed by atoms with E-state index < -0.39 is 47.7 Å². The van der Waals surface area contributed by atoms with Crippen molar-refractivity contribution in [2.24, 2.45) is 0 Å². The van der Waals surface area contributed by atoms with E-state index in [-0.39, 0.29) is 13.2 Å². The first-order valence-electron chi connectivity index (χ1n) is 23.5. The Morgan fingerprint density at radius 2 is 0.778 bits per heavy atom. The number of benzene rings is 5. The second-order valence-corrected chi connectivity index (χ2v) is 17.5. The first kappa shape index (κ1) is 45.4. The maximum absolute atomic E-state index is 14.2. The lowest BCUT2D eigenvalue weighted by Gasteiger charge is -2.32. The predicted molar refractivity (Wildman–Crippen MR) is 248 cm³/mol. The number of fused-ring (bicyclic) bond motifs is 2. The Bertz CT molecular complexity index is 2420. The van der Waals surface area contributed by atoms with Gasteiger partial charge in [-0.2, -0.15) is 0 Å². The predicted octanol–water partition coefficient (Wildman–Crippen LogP) is 12.0. The Kier molecular flexibility index (Phi) is 14.9. The van der Waals surface area contributed by atoms with Crippen LogP contribution in [0.15, 0.2) is 61.2 Å². The lowest BCUT2D eigenvalue weighted by Crippen LogP contribution is -2.49. The van der Waals surface area contributed by atoms with Crippen LogP contribution in [0.1, 0.15) is 178 Å². The average Bonchev–Trinajstić information content (AvgIpc) is 3.29. The topological polar surface area (TPSA) is 127 Å². The summed E-state index contributed by atoms with van der Waals surface area (Å²) in [6.45, 7) is 9.51. The maximum atomic E-state index is 14.2. The van der Waals surface area contributed by atoms with Crippen LogP contribution in [0, 0.1) is 0 Å². The van der Waals surface area contributed by atoms with Crippen molar-refractivity contribution in [3.8, 4) is 0 Å². The zero-order valence-corrected chi connectivity index (χ0v) is 37.4. The highest BCUT2D eigenvalue weighted by Crippen LogP contribution is 2.46. The summed E-state index contributed by atoms with van der Waals surface area (Å²) in [5.41, 5.74) is 1.24. The van der Waals surface area contributed by atoms with Crippen LogP contribution in [0.2, 0.25) is 0 Å². The van der Waals surface area contributed by atoms with Crippen LogP contribution >= 0.6 is 0 Å². The molecule has 0 N–H and O–H groups in total. The standard InChI is InChI=1S/C53H62N2O8/c1-5-7-9-11-13-15-17-19-21-23-33-63-53(61)35(4)55-50(58)42-30-26-38-36-24-28-40-46-41(29-25-37(44(36)46)39-27-31-43(51(55)59)47(42)45(38)39)49(57)54(48(40)56)34(3)52(60)62-32-22-20-18-16-14-12-10-8-6-2/h6,24-31,34-35H,2,5,7-23,32-33H2,1,3-4H3. The molecule has 2 aliphatic rings. The summed E-state index contributed by atoms with van der Waals surface area (Å²) in [4.78, 5) is 85.1. The van der Waals surface area contributed by atoms with Crippen molar-refractivity contribution < 1.29 is 38.2 Å². The molecule has 63 heavy (non-hydrogen) atoms. The maximum Gasteiger partial charge on any atom is 0.329 e. The normalized spacial score (nSPS) is 14.7. The fraction of sp³-hybridized carbons (Fsp3) is 0.472. The summed E-state index contributed by atoms with van der Waals surface area (Å²) in [5.74, 6) is -3.50. The first-order valence-corrected chi connectivity index (χ1v) is 23.5. The monoisotopic (exact) mass is 854 g/mol. The van der Waals surface area contributed by atoms with E-state index in [2.05, 4.69) is 13.5 Å². The highest BCUT2D eigenvalue weighted by Gasteiger charge is 2.42. The molecule has 2 heterocycles. The molecule has 0 saturated heterocycles. The van der Waals surface area contributed by atoms with Gasteiger partial charge in [0.1, 0.15) is 12.1 Å². The molecule has 0 radical (unpaired) electrons. The molecule has 5 aromatic carbocycles. The third-order valence-corrected chi connectivity index (χ3v) is 13.2. The molecule has 2 atom stereocenters. The minimum absolute atomic E-state index is 0.226. The van der Waals surface area contributed by atoms with Gasteiger partial charge in [0, 0.05) is 33.0 Å². The number of unbranched alkanes of at least 4 members (excludes halogenated alkanes) is 16.